The number of hydrogen-bond donors (Lipinski definition) is 0. The number of benzene rings is 1. The van der Waals surface area contributed by atoms with Crippen LogP contribution in [0.15, 0.2) is 23.2 Å². The summed E-state index contributed by atoms with van der Waals surface area (Å²) >= 11 is 7.15. The lowest BCUT2D eigenvalue weighted by atomic mass is 10.2. The third-order valence-corrected chi connectivity index (χ3v) is 7.43. The number of halogens is 2. The average Bonchev–Trinajstić information content (AvgIpc) is 2.93. The monoisotopic (exact) mass is 390 g/mol. The second kappa shape index (κ2) is 6.65. The van der Waals surface area contributed by atoms with E-state index in [2.05, 4.69) is 4.99 Å². The zero-order valence-electron chi connectivity index (χ0n) is 12.9. The molecule has 0 bridgehead atoms. The first kappa shape index (κ1) is 17.7. The smallest absolute Gasteiger partial charge is 0.248 e. The van der Waals surface area contributed by atoms with Crippen molar-refractivity contribution in [2.75, 3.05) is 16.4 Å². The van der Waals surface area contributed by atoms with E-state index in [1.54, 1.807) is 4.90 Å². The van der Waals surface area contributed by atoms with Gasteiger partial charge in [0.05, 0.1) is 22.6 Å². The molecule has 0 N–H and O–H groups in total. The average molecular weight is 391 g/mol. The van der Waals surface area contributed by atoms with Crippen molar-refractivity contribution in [3.8, 4) is 0 Å². The molecule has 0 spiro atoms. The highest BCUT2D eigenvalue weighted by Crippen LogP contribution is 2.41. The fourth-order valence-electron chi connectivity index (χ4n) is 2.88. The first-order chi connectivity index (χ1) is 11.3. The summed E-state index contributed by atoms with van der Waals surface area (Å²) in [4.78, 5) is 17.8. The number of carbonyl (C=O) groups excluding carboxylic acids is 1. The molecule has 1 aromatic carbocycles. The van der Waals surface area contributed by atoms with Gasteiger partial charge in [-0.25, -0.2) is 12.8 Å². The minimum absolute atomic E-state index is 0.0132. The molecule has 2 fully saturated rings. The van der Waals surface area contributed by atoms with E-state index in [-0.39, 0.29) is 33.7 Å². The lowest BCUT2D eigenvalue weighted by Gasteiger charge is -2.24. The van der Waals surface area contributed by atoms with Crippen molar-refractivity contribution in [2.45, 2.75) is 31.1 Å². The topological polar surface area (TPSA) is 66.8 Å². The van der Waals surface area contributed by atoms with E-state index in [0.717, 1.165) is 0 Å². The zero-order chi connectivity index (χ0) is 17.5. The number of carbonyl (C=O) groups is 1. The summed E-state index contributed by atoms with van der Waals surface area (Å²) in [5, 5.41) is 0.217. The summed E-state index contributed by atoms with van der Waals surface area (Å²) in [7, 11) is -3.14. The van der Waals surface area contributed by atoms with Gasteiger partial charge in [0.2, 0.25) is 5.91 Å². The minimum atomic E-state index is -3.14. The Bertz CT molecular complexity index is 813. The molecule has 0 aliphatic carbocycles. The second-order valence-electron chi connectivity index (χ2n) is 5.81. The molecule has 5 nitrogen and oxygen atoms in total. The molecule has 24 heavy (non-hydrogen) atoms. The molecular formula is C15H16ClFN2O3S2. The molecular weight excluding hydrogens is 375 g/mol. The lowest BCUT2D eigenvalue weighted by Crippen LogP contribution is -2.37. The summed E-state index contributed by atoms with van der Waals surface area (Å²) in [6.07, 6.45) is 1.01. The number of nitrogens with zero attached hydrogens (tertiary/aromatic N) is 2. The third-order valence-electron chi connectivity index (χ3n) is 3.93. The van der Waals surface area contributed by atoms with E-state index in [9.17, 15) is 17.6 Å². The number of sulfone groups is 1. The van der Waals surface area contributed by atoms with Gasteiger partial charge in [0, 0.05) is 17.4 Å². The van der Waals surface area contributed by atoms with Crippen molar-refractivity contribution < 1.29 is 17.6 Å². The van der Waals surface area contributed by atoms with Crippen LogP contribution in [0.3, 0.4) is 0 Å². The number of anilines is 1. The fraction of sp³-hybridized carbons (Fsp3) is 0.467. The largest absolute Gasteiger partial charge is 0.316 e. The first-order valence-electron chi connectivity index (χ1n) is 7.53. The Hall–Kier alpha value is -1.12. The Balaban J connectivity index is 2.01. The Morgan fingerprint density at radius 1 is 1.46 bits per heavy atom. The molecule has 2 aliphatic heterocycles. The Labute approximate surface area is 149 Å². The predicted molar refractivity (Wildman–Crippen MR) is 95.1 cm³/mol. The van der Waals surface area contributed by atoms with Gasteiger partial charge in [-0.1, -0.05) is 30.3 Å². The molecule has 9 heteroatoms. The minimum Gasteiger partial charge on any atom is -0.316 e. The molecule has 1 aromatic rings. The maximum absolute atomic E-state index is 13.4. The van der Waals surface area contributed by atoms with Crippen LogP contribution in [0.4, 0.5) is 10.1 Å². The lowest BCUT2D eigenvalue weighted by molar-refractivity contribution is -0.117. The number of amidine groups is 1. The normalized spacial score (nSPS) is 26.8. The van der Waals surface area contributed by atoms with Crippen molar-refractivity contribution in [1.29, 1.82) is 0 Å². The van der Waals surface area contributed by atoms with Crippen molar-refractivity contribution in [3.05, 3.63) is 29.0 Å². The van der Waals surface area contributed by atoms with Gasteiger partial charge in [-0.2, -0.15) is 4.99 Å². The molecule has 130 valence electrons. The first-order valence-corrected chi connectivity index (χ1v) is 10.6. The van der Waals surface area contributed by atoms with Crippen LogP contribution in [0.2, 0.25) is 5.02 Å². The molecule has 2 heterocycles. The van der Waals surface area contributed by atoms with Crippen LogP contribution in [-0.4, -0.2) is 42.3 Å². The van der Waals surface area contributed by atoms with Crippen molar-refractivity contribution in [3.63, 3.8) is 0 Å². The van der Waals surface area contributed by atoms with Crippen molar-refractivity contribution >= 4 is 50.0 Å². The van der Waals surface area contributed by atoms with E-state index in [0.29, 0.717) is 23.7 Å². The molecule has 2 atom stereocenters. The quantitative estimate of drug-likeness (QED) is 0.793. The van der Waals surface area contributed by atoms with Crippen molar-refractivity contribution in [2.24, 2.45) is 4.99 Å². The predicted octanol–water partition coefficient (Wildman–Crippen LogP) is 2.88. The van der Waals surface area contributed by atoms with Crippen LogP contribution in [0.5, 0.6) is 0 Å². The number of hydrogen-bond acceptors (Lipinski definition) is 4. The Kier molecular flexibility index (Phi) is 4.90. The van der Waals surface area contributed by atoms with Gasteiger partial charge in [-0.15, -0.1) is 0 Å². The summed E-state index contributed by atoms with van der Waals surface area (Å²) in [5.41, 5.74) is 0.543. The van der Waals surface area contributed by atoms with E-state index in [4.69, 9.17) is 11.6 Å². The van der Waals surface area contributed by atoms with Gasteiger partial charge in [-0.3, -0.25) is 4.79 Å². The number of fused-ring (bicyclic) bond motifs is 1. The molecule has 2 aliphatic rings. The van der Waals surface area contributed by atoms with Crippen molar-refractivity contribution in [1.82, 2.24) is 0 Å². The highest BCUT2D eigenvalue weighted by atomic mass is 35.5. The van der Waals surface area contributed by atoms with Crippen LogP contribution in [0, 0.1) is 5.82 Å². The van der Waals surface area contributed by atoms with Crippen LogP contribution in [-0.2, 0) is 14.6 Å². The molecule has 2 saturated heterocycles. The van der Waals surface area contributed by atoms with Gasteiger partial charge < -0.3 is 4.90 Å². The van der Waals surface area contributed by atoms with Gasteiger partial charge in [0.25, 0.3) is 0 Å². The summed E-state index contributed by atoms with van der Waals surface area (Å²) in [6.45, 7) is 1.89. The molecule has 3 rings (SSSR count). The maximum Gasteiger partial charge on any atom is 0.248 e. The SMILES string of the molecule is CCCC(=O)N=C1S[C@@H]2CS(=O)(=O)C[C@H]2N1c1ccc(F)c(Cl)c1. The van der Waals surface area contributed by atoms with Crippen LogP contribution in [0.1, 0.15) is 19.8 Å². The molecule has 0 radical (unpaired) electrons. The molecule has 0 unspecified atom stereocenters. The van der Waals surface area contributed by atoms with E-state index >= 15 is 0 Å². The standard InChI is InChI=1S/C15H16ClFN2O3S2/c1-2-3-14(20)18-15-19(9-4-5-11(17)10(16)6-9)12-7-24(21,22)8-13(12)23-15/h4-6,12-13H,2-3,7-8H2,1H3/t12-,13-/m1/s1. The molecule has 0 aromatic heterocycles. The summed E-state index contributed by atoms with van der Waals surface area (Å²) < 4.78 is 37.3. The van der Waals surface area contributed by atoms with Crippen LogP contribution >= 0.6 is 23.4 Å². The number of rotatable bonds is 3. The fourth-order valence-corrected chi connectivity index (χ4v) is 6.98. The zero-order valence-corrected chi connectivity index (χ0v) is 15.3. The Morgan fingerprint density at radius 3 is 2.88 bits per heavy atom. The van der Waals surface area contributed by atoms with E-state index < -0.39 is 15.7 Å². The maximum atomic E-state index is 13.4. The third kappa shape index (κ3) is 3.45. The summed E-state index contributed by atoms with van der Waals surface area (Å²) in [5.74, 6) is -0.764. The Morgan fingerprint density at radius 2 is 2.21 bits per heavy atom. The van der Waals surface area contributed by atoms with E-state index in [1.165, 1.54) is 30.0 Å². The van der Waals surface area contributed by atoms with Gasteiger partial charge in [0.15, 0.2) is 15.0 Å². The number of aliphatic imine (C=N–C) groups is 1. The second-order valence-corrected chi connectivity index (χ2v) is 9.57. The van der Waals surface area contributed by atoms with Gasteiger partial charge >= 0.3 is 0 Å². The number of amides is 1. The van der Waals surface area contributed by atoms with E-state index in [1.807, 2.05) is 6.92 Å². The highest BCUT2D eigenvalue weighted by molar-refractivity contribution is 8.16. The highest BCUT2D eigenvalue weighted by Gasteiger charge is 2.49. The van der Waals surface area contributed by atoms with Gasteiger partial charge in [-0.05, 0) is 24.6 Å². The summed E-state index contributed by atoms with van der Waals surface area (Å²) in [6, 6.07) is 3.86. The molecule has 0 saturated carbocycles. The van der Waals surface area contributed by atoms with Crippen LogP contribution in [0.25, 0.3) is 0 Å². The number of thioether (sulfide) groups is 1. The van der Waals surface area contributed by atoms with Gasteiger partial charge in [0.1, 0.15) is 5.82 Å². The molecule has 1 amide bonds. The van der Waals surface area contributed by atoms with Crippen LogP contribution < -0.4 is 4.90 Å².